The van der Waals surface area contributed by atoms with Crippen LogP contribution < -0.4 is 0 Å². The van der Waals surface area contributed by atoms with Gasteiger partial charge in [0.15, 0.2) is 5.79 Å². The Morgan fingerprint density at radius 1 is 1.07 bits per heavy atom. The summed E-state index contributed by atoms with van der Waals surface area (Å²) in [7, 11) is 0. The summed E-state index contributed by atoms with van der Waals surface area (Å²) in [5, 5.41) is 10.2. The maximum absolute atomic E-state index is 10.2. The van der Waals surface area contributed by atoms with Crippen LogP contribution in [0.5, 0.6) is 0 Å². The molecule has 10 atom stereocenters. The summed E-state index contributed by atoms with van der Waals surface area (Å²) in [6.07, 6.45) is 14.7. The first-order chi connectivity index (χ1) is 13.9. The van der Waals surface area contributed by atoms with Gasteiger partial charge in [0, 0.05) is 12.3 Å². The molecule has 3 heteroatoms. The average Bonchev–Trinajstić information content (AvgIpc) is 3.14. The van der Waals surface area contributed by atoms with Gasteiger partial charge in [0.1, 0.15) is 0 Å². The average molecular weight is 401 g/mol. The van der Waals surface area contributed by atoms with E-state index >= 15 is 0 Å². The van der Waals surface area contributed by atoms with Crippen LogP contribution in [0.15, 0.2) is 11.6 Å². The number of aliphatic hydroxyl groups excluding tert-OH is 1. The second-order valence-corrected chi connectivity index (χ2v) is 12.0. The molecule has 3 saturated carbocycles. The molecule has 1 N–H and O–H groups in total. The van der Waals surface area contributed by atoms with Gasteiger partial charge in [-0.3, -0.25) is 0 Å². The molecule has 3 nitrogen and oxygen atoms in total. The summed E-state index contributed by atoms with van der Waals surface area (Å²) in [6.45, 7) is 8.47. The molecule has 6 aliphatic rings. The number of rotatable bonds is 0. The first-order valence-electron chi connectivity index (χ1n) is 12.6. The minimum Gasteiger partial charge on any atom is -0.393 e. The molecule has 0 aromatic rings. The fourth-order valence-electron chi connectivity index (χ4n) is 9.56. The highest BCUT2D eigenvalue weighted by atomic mass is 16.7. The van der Waals surface area contributed by atoms with Crippen molar-refractivity contribution in [1.29, 1.82) is 0 Å². The molecule has 1 spiro atoms. The van der Waals surface area contributed by atoms with Gasteiger partial charge in [-0.2, -0.15) is 0 Å². The SMILES string of the molecule is C[C@H]1[C@H]2[C@@H](C[C@H]3[C@@H]4CC=C5C[C@@H](O)CC[C@]5(C)[C@H]4CC[C@]23C)O[C@@]12CCCCO2. The number of fused-ring (bicyclic) bond motifs is 7. The van der Waals surface area contributed by atoms with Gasteiger partial charge in [0.2, 0.25) is 0 Å². The van der Waals surface area contributed by atoms with Crippen LogP contribution in [0, 0.1) is 40.4 Å². The van der Waals surface area contributed by atoms with Crippen molar-refractivity contribution in [3.8, 4) is 0 Å². The van der Waals surface area contributed by atoms with Crippen LogP contribution in [-0.2, 0) is 9.47 Å². The lowest BCUT2D eigenvalue weighted by molar-refractivity contribution is -0.264. The van der Waals surface area contributed by atoms with Crippen molar-refractivity contribution in [1.82, 2.24) is 0 Å². The predicted molar refractivity (Wildman–Crippen MR) is 113 cm³/mol. The maximum atomic E-state index is 10.2. The van der Waals surface area contributed by atoms with E-state index in [1.165, 1.54) is 44.9 Å². The van der Waals surface area contributed by atoms with Crippen molar-refractivity contribution >= 4 is 0 Å². The zero-order valence-corrected chi connectivity index (χ0v) is 18.7. The summed E-state index contributed by atoms with van der Waals surface area (Å²) in [4.78, 5) is 0. The second-order valence-electron chi connectivity index (χ2n) is 12.0. The molecule has 6 rings (SSSR count). The van der Waals surface area contributed by atoms with Crippen molar-refractivity contribution in [2.75, 3.05) is 6.61 Å². The van der Waals surface area contributed by atoms with Gasteiger partial charge in [0.25, 0.3) is 0 Å². The van der Waals surface area contributed by atoms with E-state index in [4.69, 9.17) is 9.47 Å². The van der Waals surface area contributed by atoms with Crippen molar-refractivity contribution in [2.24, 2.45) is 40.4 Å². The second kappa shape index (κ2) is 6.33. The molecule has 2 heterocycles. The fourth-order valence-corrected chi connectivity index (χ4v) is 9.56. The number of hydrogen-bond acceptors (Lipinski definition) is 3. The quantitative estimate of drug-likeness (QED) is 0.548. The van der Waals surface area contributed by atoms with Gasteiger partial charge in [0.05, 0.1) is 18.8 Å². The zero-order valence-electron chi connectivity index (χ0n) is 18.7. The topological polar surface area (TPSA) is 38.7 Å². The molecule has 4 aliphatic carbocycles. The lowest BCUT2D eigenvalue weighted by Gasteiger charge is -2.58. The van der Waals surface area contributed by atoms with Crippen LogP contribution in [0.4, 0.5) is 0 Å². The molecule has 5 fully saturated rings. The Morgan fingerprint density at radius 3 is 2.72 bits per heavy atom. The van der Waals surface area contributed by atoms with Crippen LogP contribution in [0.25, 0.3) is 0 Å². The Labute approximate surface area is 176 Å². The maximum Gasteiger partial charge on any atom is 0.171 e. The van der Waals surface area contributed by atoms with Crippen LogP contribution in [0.3, 0.4) is 0 Å². The molecule has 0 bridgehead atoms. The fraction of sp³-hybridized carbons (Fsp3) is 0.923. The van der Waals surface area contributed by atoms with E-state index in [9.17, 15) is 5.11 Å². The van der Waals surface area contributed by atoms with Crippen molar-refractivity contribution in [3.63, 3.8) is 0 Å². The zero-order chi connectivity index (χ0) is 20.0. The van der Waals surface area contributed by atoms with Gasteiger partial charge >= 0.3 is 0 Å². The minimum atomic E-state index is -0.274. The predicted octanol–water partition coefficient (Wildman–Crippen LogP) is 5.47. The third-order valence-corrected chi connectivity index (χ3v) is 11.0. The summed E-state index contributed by atoms with van der Waals surface area (Å²) in [5.41, 5.74) is 2.32. The smallest absolute Gasteiger partial charge is 0.171 e. The standard InChI is InChI=1S/C26H40O3/c1-16-23-22(29-26(16)10-4-5-13-28-26)15-21-19-7-6-17-14-18(27)8-11-24(17,2)20(19)9-12-25(21,23)3/h6,16,18-23,27H,4-5,7-15H2,1-3H3/t16-,18-,19+,20-,21-,22+,23-,24-,25-,26-/m0/s1. The third kappa shape index (κ3) is 2.47. The highest BCUT2D eigenvalue weighted by Crippen LogP contribution is 2.70. The first-order valence-corrected chi connectivity index (χ1v) is 12.6. The molecule has 162 valence electrons. The van der Waals surface area contributed by atoms with Crippen LogP contribution in [0.2, 0.25) is 0 Å². The molecule has 0 unspecified atom stereocenters. The Kier molecular flexibility index (Phi) is 4.21. The summed E-state index contributed by atoms with van der Waals surface area (Å²) in [6, 6.07) is 0. The molecule has 29 heavy (non-hydrogen) atoms. The Balaban J connectivity index is 1.30. The summed E-state index contributed by atoms with van der Waals surface area (Å²) < 4.78 is 13.2. The van der Waals surface area contributed by atoms with Gasteiger partial charge < -0.3 is 14.6 Å². The molecule has 2 aliphatic heterocycles. The molecular weight excluding hydrogens is 360 g/mol. The number of ether oxygens (including phenoxy) is 2. The van der Waals surface area contributed by atoms with Gasteiger partial charge in [-0.05, 0) is 92.3 Å². The largest absolute Gasteiger partial charge is 0.393 e. The van der Waals surface area contributed by atoms with Crippen molar-refractivity contribution in [2.45, 2.75) is 103 Å². The highest BCUT2D eigenvalue weighted by Gasteiger charge is 2.68. The molecule has 0 aromatic heterocycles. The van der Waals surface area contributed by atoms with E-state index in [0.29, 0.717) is 28.8 Å². The van der Waals surface area contributed by atoms with E-state index in [-0.39, 0.29) is 11.9 Å². The van der Waals surface area contributed by atoms with Crippen molar-refractivity contribution in [3.05, 3.63) is 11.6 Å². The first kappa shape index (κ1) is 19.3. The van der Waals surface area contributed by atoms with Crippen LogP contribution >= 0.6 is 0 Å². The summed E-state index contributed by atoms with van der Waals surface area (Å²) in [5.74, 6) is 3.32. The third-order valence-electron chi connectivity index (χ3n) is 11.0. The molecular formula is C26H40O3. The van der Waals surface area contributed by atoms with Gasteiger partial charge in [-0.1, -0.05) is 32.4 Å². The summed E-state index contributed by atoms with van der Waals surface area (Å²) >= 11 is 0. The molecule has 2 saturated heterocycles. The minimum absolute atomic E-state index is 0.105. The number of allylic oxidation sites excluding steroid dienone is 1. The van der Waals surface area contributed by atoms with E-state index in [1.54, 1.807) is 5.57 Å². The Bertz CT molecular complexity index is 709. The van der Waals surface area contributed by atoms with Crippen molar-refractivity contribution < 1.29 is 14.6 Å². The molecule has 0 aromatic carbocycles. The Morgan fingerprint density at radius 2 is 1.93 bits per heavy atom. The number of aliphatic hydroxyl groups is 1. The molecule has 0 radical (unpaired) electrons. The van der Waals surface area contributed by atoms with E-state index in [1.807, 2.05) is 0 Å². The van der Waals surface area contributed by atoms with Crippen LogP contribution in [-0.4, -0.2) is 29.7 Å². The van der Waals surface area contributed by atoms with E-state index in [0.717, 1.165) is 43.6 Å². The normalized spacial score (nSPS) is 58.9. The Hall–Kier alpha value is -0.380. The molecule has 0 amide bonds. The van der Waals surface area contributed by atoms with E-state index < -0.39 is 0 Å². The van der Waals surface area contributed by atoms with Crippen LogP contribution in [0.1, 0.15) is 85.0 Å². The lowest BCUT2D eigenvalue weighted by atomic mass is 9.47. The van der Waals surface area contributed by atoms with E-state index in [2.05, 4.69) is 26.8 Å². The van der Waals surface area contributed by atoms with Gasteiger partial charge in [-0.15, -0.1) is 0 Å². The van der Waals surface area contributed by atoms with Gasteiger partial charge in [-0.25, -0.2) is 0 Å². The monoisotopic (exact) mass is 400 g/mol. The lowest BCUT2D eigenvalue weighted by Crippen LogP contribution is -2.52. The number of hydrogen-bond donors (Lipinski definition) is 1. The highest BCUT2D eigenvalue weighted by molar-refractivity contribution is 5.26.